The van der Waals surface area contributed by atoms with Crippen molar-refractivity contribution in [1.29, 1.82) is 0 Å². The van der Waals surface area contributed by atoms with Gasteiger partial charge in [0.2, 0.25) is 0 Å². The zero-order valence-electron chi connectivity index (χ0n) is 11.8. The summed E-state index contributed by atoms with van der Waals surface area (Å²) < 4.78 is 0. The van der Waals surface area contributed by atoms with E-state index in [0.29, 0.717) is 11.1 Å². The molecule has 0 spiro atoms. The molecular formula is C16H18O4. The van der Waals surface area contributed by atoms with Crippen LogP contribution in [0, 0.1) is 17.8 Å². The van der Waals surface area contributed by atoms with Crippen molar-refractivity contribution in [3.63, 3.8) is 0 Å². The van der Waals surface area contributed by atoms with E-state index in [-0.39, 0.29) is 12.2 Å². The number of hydrogen-bond donors (Lipinski definition) is 2. The summed E-state index contributed by atoms with van der Waals surface area (Å²) in [6.07, 6.45) is 10.9. The number of rotatable bonds is 3. The molecule has 106 valence electrons. The maximum absolute atomic E-state index is 11.6. The first-order valence-electron chi connectivity index (χ1n) is 6.17. The molecule has 2 atom stereocenters. The number of allylic oxidation sites excluding steroid dienone is 3. The summed E-state index contributed by atoms with van der Waals surface area (Å²) in [4.78, 5) is 22.2. The molecule has 2 N–H and O–H groups in total. The van der Waals surface area contributed by atoms with E-state index in [1.165, 1.54) is 18.2 Å². The standard InChI is InChI=1S/C16H18O4/c1-5-15(4)10-13(17)9-12(3)16(15,20)7-6-11(2)8-14(18)19/h1,6-9,20H,10H2,2-4H3,(H,18,19)/b7-6+,11-8-/t15?,16-/m1/s1. The lowest BCUT2D eigenvalue weighted by Gasteiger charge is -2.42. The predicted molar refractivity (Wildman–Crippen MR) is 75.8 cm³/mol. The average molecular weight is 274 g/mol. The number of carbonyl (C=O) groups excluding carboxylic acids is 1. The lowest BCUT2D eigenvalue weighted by molar-refractivity contribution is -0.131. The topological polar surface area (TPSA) is 74.6 Å². The first-order chi connectivity index (χ1) is 9.14. The van der Waals surface area contributed by atoms with E-state index < -0.39 is 17.0 Å². The molecule has 0 amide bonds. The molecule has 4 heteroatoms. The summed E-state index contributed by atoms with van der Waals surface area (Å²) >= 11 is 0. The number of carboxylic acid groups (broad SMARTS) is 1. The molecule has 0 fully saturated rings. The Bertz CT molecular complexity index is 574. The van der Waals surface area contributed by atoms with Gasteiger partial charge < -0.3 is 10.2 Å². The van der Waals surface area contributed by atoms with E-state index in [0.717, 1.165) is 6.08 Å². The lowest BCUT2D eigenvalue weighted by Crippen LogP contribution is -2.49. The van der Waals surface area contributed by atoms with Gasteiger partial charge in [-0.15, -0.1) is 6.42 Å². The van der Waals surface area contributed by atoms with Crippen LogP contribution in [0.2, 0.25) is 0 Å². The van der Waals surface area contributed by atoms with Gasteiger partial charge >= 0.3 is 5.97 Å². The van der Waals surface area contributed by atoms with E-state index in [4.69, 9.17) is 11.5 Å². The Balaban J connectivity index is 3.27. The SMILES string of the molecule is C#CC1(C)CC(=O)C=C(C)[C@]1(O)/C=C/C(C)=C\C(=O)O. The predicted octanol–water partition coefficient (Wildman–Crippen LogP) is 1.86. The van der Waals surface area contributed by atoms with Crippen LogP contribution in [-0.2, 0) is 9.59 Å². The fourth-order valence-electron chi connectivity index (χ4n) is 2.29. The Morgan fingerprint density at radius 1 is 1.55 bits per heavy atom. The van der Waals surface area contributed by atoms with Crippen LogP contribution in [0.5, 0.6) is 0 Å². The molecule has 20 heavy (non-hydrogen) atoms. The smallest absolute Gasteiger partial charge is 0.328 e. The molecule has 0 bridgehead atoms. The zero-order valence-corrected chi connectivity index (χ0v) is 11.8. The Hall–Kier alpha value is -2.12. The van der Waals surface area contributed by atoms with Crippen molar-refractivity contribution in [2.24, 2.45) is 5.41 Å². The van der Waals surface area contributed by atoms with Crippen LogP contribution < -0.4 is 0 Å². The Labute approximate surface area is 118 Å². The van der Waals surface area contributed by atoms with Gasteiger partial charge in [-0.1, -0.05) is 12.0 Å². The van der Waals surface area contributed by atoms with Crippen molar-refractivity contribution in [1.82, 2.24) is 0 Å². The highest BCUT2D eigenvalue weighted by molar-refractivity contribution is 5.93. The molecule has 0 aliphatic heterocycles. The molecule has 4 nitrogen and oxygen atoms in total. The highest BCUT2D eigenvalue weighted by Gasteiger charge is 2.49. The van der Waals surface area contributed by atoms with Gasteiger partial charge in [0.15, 0.2) is 5.78 Å². The Morgan fingerprint density at radius 2 is 2.15 bits per heavy atom. The lowest BCUT2D eigenvalue weighted by atomic mass is 9.64. The van der Waals surface area contributed by atoms with Crippen LogP contribution in [0.3, 0.4) is 0 Å². The van der Waals surface area contributed by atoms with Crippen LogP contribution in [0.25, 0.3) is 0 Å². The maximum atomic E-state index is 11.6. The average Bonchev–Trinajstić information content (AvgIpc) is 2.33. The van der Waals surface area contributed by atoms with Crippen LogP contribution in [-0.4, -0.2) is 27.6 Å². The normalized spacial score (nSPS) is 31.1. The maximum Gasteiger partial charge on any atom is 0.328 e. The van der Waals surface area contributed by atoms with E-state index in [2.05, 4.69) is 5.92 Å². The largest absolute Gasteiger partial charge is 0.478 e. The quantitative estimate of drug-likeness (QED) is 0.468. The molecule has 0 heterocycles. The van der Waals surface area contributed by atoms with Gasteiger partial charge in [-0.25, -0.2) is 4.79 Å². The summed E-state index contributed by atoms with van der Waals surface area (Å²) in [7, 11) is 0. The molecule has 1 aliphatic rings. The molecule has 0 aromatic carbocycles. The van der Waals surface area contributed by atoms with E-state index in [9.17, 15) is 14.7 Å². The summed E-state index contributed by atoms with van der Waals surface area (Å²) in [6.45, 7) is 4.88. The molecule has 0 saturated heterocycles. The monoisotopic (exact) mass is 274 g/mol. The second kappa shape index (κ2) is 5.48. The number of terminal acetylenes is 1. The molecule has 0 radical (unpaired) electrons. The van der Waals surface area contributed by atoms with Gasteiger partial charge in [-0.2, -0.15) is 0 Å². The van der Waals surface area contributed by atoms with Crippen molar-refractivity contribution in [3.05, 3.63) is 35.5 Å². The number of hydrogen-bond acceptors (Lipinski definition) is 3. The first-order valence-corrected chi connectivity index (χ1v) is 6.17. The van der Waals surface area contributed by atoms with Gasteiger partial charge in [-0.3, -0.25) is 4.79 Å². The second-order valence-electron chi connectivity index (χ2n) is 5.27. The fourth-order valence-corrected chi connectivity index (χ4v) is 2.29. The number of aliphatic carboxylic acids is 1. The van der Waals surface area contributed by atoms with Crippen molar-refractivity contribution in [2.45, 2.75) is 32.8 Å². The highest BCUT2D eigenvalue weighted by atomic mass is 16.4. The van der Waals surface area contributed by atoms with Crippen LogP contribution in [0.1, 0.15) is 27.2 Å². The summed E-state index contributed by atoms with van der Waals surface area (Å²) in [6, 6.07) is 0. The Kier molecular flexibility index (Phi) is 4.36. The van der Waals surface area contributed by atoms with Crippen molar-refractivity contribution >= 4 is 11.8 Å². The minimum atomic E-state index is -1.47. The molecule has 1 unspecified atom stereocenters. The highest BCUT2D eigenvalue weighted by Crippen LogP contribution is 2.44. The van der Waals surface area contributed by atoms with E-state index in [1.807, 2.05) is 0 Å². The third-order valence-electron chi connectivity index (χ3n) is 3.60. The van der Waals surface area contributed by atoms with Crippen LogP contribution in [0.4, 0.5) is 0 Å². The second-order valence-corrected chi connectivity index (χ2v) is 5.27. The molecule has 0 aromatic rings. The van der Waals surface area contributed by atoms with Crippen molar-refractivity contribution in [2.75, 3.05) is 0 Å². The summed E-state index contributed by atoms with van der Waals surface area (Å²) in [5.41, 5.74) is -1.60. The number of ketones is 1. The first kappa shape index (κ1) is 15.9. The number of carbonyl (C=O) groups is 2. The van der Waals surface area contributed by atoms with E-state index >= 15 is 0 Å². The Morgan fingerprint density at radius 3 is 2.65 bits per heavy atom. The fraction of sp³-hybridized carbons (Fsp3) is 0.375. The molecular weight excluding hydrogens is 256 g/mol. The molecule has 0 aromatic heterocycles. The van der Waals surface area contributed by atoms with Gasteiger partial charge in [0.25, 0.3) is 0 Å². The zero-order chi connectivity index (χ0) is 15.6. The van der Waals surface area contributed by atoms with Crippen LogP contribution in [0.15, 0.2) is 35.5 Å². The third-order valence-corrected chi connectivity index (χ3v) is 3.60. The van der Waals surface area contributed by atoms with Gasteiger partial charge in [0, 0.05) is 12.5 Å². The number of aliphatic hydroxyl groups is 1. The molecule has 0 saturated carbocycles. The molecule has 1 rings (SSSR count). The summed E-state index contributed by atoms with van der Waals surface area (Å²) in [5, 5.41) is 19.5. The van der Waals surface area contributed by atoms with Crippen molar-refractivity contribution in [3.8, 4) is 12.3 Å². The number of carboxylic acids is 1. The summed E-state index contributed by atoms with van der Waals surface area (Å²) in [5.74, 6) is 1.31. The van der Waals surface area contributed by atoms with Gasteiger partial charge in [0.1, 0.15) is 5.60 Å². The van der Waals surface area contributed by atoms with Gasteiger partial charge in [0.05, 0.1) is 5.41 Å². The van der Waals surface area contributed by atoms with Crippen LogP contribution >= 0.6 is 0 Å². The molecule has 1 aliphatic carbocycles. The minimum absolute atomic E-state index is 0.0450. The van der Waals surface area contributed by atoms with Crippen molar-refractivity contribution < 1.29 is 19.8 Å². The van der Waals surface area contributed by atoms with Gasteiger partial charge in [-0.05, 0) is 44.1 Å². The van der Waals surface area contributed by atoms with E-state index in [1.54, 1.807) is 20.8 Å². The third kappa shape index (κ3) is 2.89. The minimum Gasteiger partial charge on any atom is -0.478 e.